The molecule has 0 aromatic rings. The summed E-state index contributed by atoms with van der Waals surface area (Å²) in [5, 5.41) is 28.9. The third-order valence-corrected chi connectivity index (χ3v) is 13.6. The van der Waals surface area contributed by atoms with Gasteiger partial charge in [-0.3, -0.25) is 9.59 Å². The molecule has 2 aliphatic rings. The molecule has 0 spiro atoms. The van der Waals surface area contributed by atoms with Gasteiger partial charge in [-0.05, 0) is 102 Å². The number of aliphatic carboxylic acids is 2. The van der Waals surface area contributed by atoms with Gasteiger partial charge in [-0.25, -0.2) is 0 Å². The van der Waals surface area contributed by atoms with Crippen LogP contribution in [0.4, 0.5) is 0 Å². The SMILES string of the molecule is CCC1(C)CC(C(CCCCCCCC(=O)O)(C(=O)O)C2CC(C)(CC)NC(C)(CC)C2(C)C)C(C)(C)C(C)(CC)N1. The summed E-state index contributed by atoms with van der Waals surface area (Å²) in [6.07, 6.45) is 10.7. The Hall–Kier alpha value is -1.14. The van der Waals surface area contributed by atoms with Crippen molar-refractivity contribution in [1.29, 1.82) is 0 Å². The Kier molecular flexibility index (Phi) is 11.5. The highest BCUT2D eigenvalue weighted by Gasteiger charge is 2.69. The first-order valence-corrected chi connectivity index (χ1v) is 17.2. The summed E-state index contributed by atoms with van der Waals surface area (Å²) in [6.45, 7) is 27.7. The fourth-order valence-corrected chi connectivity index (χ4v) is 9.36. The molecule has 2 fully saturated rings. The quantitative estimate of drug-likeness (QED) is 0.142. The molecule has 0 saturated carbocycles. The molecule has 0 bridgehead atoms. The van der Waals surface area contributed by atoms with E-state index in [0.717, 1.165) is 64.2 Å². The van der Waals surface area contributed by atoms with E-state index in [1.54, 1.807) is 0 Å². The van der Waals surface area contributed by atoms with Crippen LogP contribution >= 0.6 is 0 Å². The first-order chi connectivity index (χ1) is 19.2. The van der Waals surface area contributed by atoms with Crippen molar-refractivity contribution in [1.82, 2.24) is 10.6 Å². The Morgan fingerprint density at radius 1 is 0.643 bits per heavy atom. The third kappa shape index (κ3) is 6.60. The van der Waals surface area contributed by atoms with Crippen LogP contribution in [0, 0.1) is 28.1 Å². The number of carboxylic acids is 2. The van der Waals surface area contributed by atoms with Crippen LogP contribution in [0.25, 0.3) is 0 Å². The molecule has 6 unspecified atom stereocenters. The Labute approximate surface area is 259 Å². The second-order valence-corrected chi connectivity index (χ2v) is 16.4. The maximum absolute atomic E-state index is 14.3. The smallest absolute Gasteiger partial charge is 0.310 e. The van der Waals surface area contributed by atoms with Crippen molar-refractivity contribution in [3.8, 4) is 0 Å². The maximum atomic E-state index is 14.3. The summed E-state index contributed by atoms with van der Waals surface area (Å²) in [6, 6.07) is 0. The first kappa shape index (κ1) is 37.0. The summed E-state index contributed by atoms with van der Waals surface area (Å²) < 4.78 is 0. The van der Waals surface area contributed by atoms with Gasteiger partial charge in [0, 0.05) is 28.6 Å². The van der Waals surface area contributed by atoms with E-state index < -0.39 is 17.4 Å². The number of hydrogen-bond donors (Lipinski definition) is 4. The molecule has 2 rings (SSSR count). The molecule has 0 aromatic heterocycles. The predicted octanol–water partition coefficient (Wildman–Crippen LogP) is 8.82. The standard InChI is InChI=1S/C36H68N2O4/c1-13-32(9)24-26(30(5,6)34(11,15-3)37-32)36(29(41)42,23-21-19-17-18-20-22-28(39)40)27-25-33(10,14-2)38-35(12,16-4)31(27,7)8/h26-27,37-38H,13-25H2,1-12H3,(H,39,40)(H,41,42). The Balaban J connectivity index is 2.77. The van der Waals surface area contributed by atoms with E-state index in [4.69, 9.17) is 5.11 Å². The minimum absolute atomic E-state index is 0.00440. The summed E-state index contributed by atoms with van der Waals surface area (Å²) in [4.78, 5) is 25.3. The molecular formula is C36H68N2O4. The fraction of sp³-hybridized carbons (Fsp3) is 0.944. The van der Waals surface area contributed by atoms with Crippen LogP contribution in [0.2, 0.25) is 0 Å². The van der Waals surface area contributed by atoms with Crippen molar-refractivity contribution in [2.24, 2.45) is 28.1 Å². The summed E-state index contributed by atoms with van der Waals surface area (Å²) in [5.41, 5.74) is -2.05. The molecule has 246 valence electrons. The maximum Gasteiger partial charge on any atom is 0.310 e. The van der Waals surface area contributed by atoms with E-state index in [2.05, 4.69) is 93.7 Å². The number of carbonyl (C=O) groups is 2. The van der Waals surface area contributed by atoms with Crippen molar-refractivity contribution in [3.63, 3.8) is 0 Å². The van der Waals surface area contributed by atoms with Gasteiger partial charge in [0.15, 0.2) is 0 Å². The van der Waals surface area contributed by atoms with E-state index in [1.165, 1.54) is 0 Å². The average molecular weight is 593 g/mol. The summed E-state index contributed by atoms with van der Waals surface area (Å²) in [5.74, 6) is -1.36. The monoisotopic (exact) mass is 593 g/mol. The van der Waals surface area contributed by atoms with Crippen LogP contribution in [0.3, 0.4) is 0 Å². The lowest BCUT2D eigenvalue weighted by Gasteiger charge is -2.68. The average Bonchev–Trinajstić information content (AvgIpc) is 2.90. The minimum atomic E-state index is -0.891. The highest BCUT2D eigenvalue weighted by atomic mass is 16.4. The molecule has 6 atom stereocenters. The van der Waals surface area contributed by atoms with Gasteiger partial charge in [-0.15, -0.1) is 0 Å². The minimum Gasteiger partial charge on any atom is -0.481 e. The number of piperidine rings is 2. The van der Waals surface area contributed by atoms with Gasteiger partial charge in [-0.2, -0.15) is 0 Å². The molecule has 0 aromatic carbocycles. The number of unbranched alkanes of at least 4 members (excludes halogenated alkanes) is 4. The van der Waals surface area contributed by atoms with Crippen molar-refractivity contribution in [3.05, 3.63) is 0 Å². The van der Waals surface area contributed by atoms with Crippen LogP contribution < -0.4 is 10.6 Å². The van der Waals surface area contributed by atoms with Gasteiger partial charge in [-0.1, -0.05) is 81.1 Å². The van der Waals surface area contributed by atoms with E-state index >= 15 is 0 Å². The van der Waals surface area contributed by atoms with Crippen molar-refractivity contribution < 1.29 is 19.8 Å². The van der Waals surface area contributed by atoms with Gasteiger partial charge >= 0.3 is 11.9 Å². The third-order valence-electron chi connectivity index (χ3n) is 13.6. The van der Waals surface area contributed by atoms with E-state index in [1.807, 2.05) is 0 Å². The molecule has 0 radical (unpaired) electrons. The normalized spacial score (nSPS) is 37.6. The van der Waals surface area contributed by atoms with Crippen LogP contribution in [0.5, 0.6) is 0 Å². The zero-order valence-corrected chi connectivity index (χ0v) is 29.6. The van der Waals surface area contributed by atoms with E-state index in [9.17, 15) is 14.7 Å². The zero-order valence-electron chi connectivity index (χ0n) is 29.6. The summed E-state index contributed by atoms with van der Waals surface area (Å²) in [7, 11) is 0. The predicted molar refractivity (Wildman–Crippen MR) is 175 cm³/mol. The number of nitrogens with one attached hydrogen (secondary N) is 2. The Morgan fingerprint density at radius 3 is 1.36 bits per heavy atom. The molecule has 2 saturated heterocycles. The molecule has 2 heterocycles. The van der Waals surface area contributed by atoms with Crippen LogP contribution in [0.1, 0.15) is 167 Å². The lowest BCUT2D eigenvalue weighted by Crippen LogP contribution is -2.76. The second-order valence-electron chi connectivity index (χ2n) is 16.4. The van der Waals surface area contributed by atoms with Crippen molar-refractivity contribution in [2.75, 3.05) is 0 Å². The van der Waals surface area contributed by atoms with Crippen LogP contribution in [-0.2, 0) is 9.59 Å². The lowest BCUT2D eigenvalue weighted by molar-refractivity contribution is -0.199. The first-order valence-electron chi connectivity index (χ1n) is 17.2. The molecule has 42 heavy (non-hydrogen) atoms. The molecular weight excluding hydrogens is 524 g/mol. The van der Waals surface area contributed by atoms with Crippen molar-refractivity contribution in [2.45, 2.75) is 189 Å². The van der Waals surface area contributed by atoms with Crippen LogP contribution in [-0.4, -0.2) is 44.3 Å². The fourth-order valence-electron chi connectivity index (χ4n) is 9.36. The highest BCUT2D eigenvalue weighted by Crippen LogP contribution is 2.66. The topological polar surface area (TPSA) is 98.7 Å². The van der Waals surface area contributed by atoms with Crippen LogP contribution in [0.15, 0.2) is 0 Å². The lowest BCUT2D eigenvalue weighted by atomic mass is 9.41. The van der Waals surface area contributed by atoms with Gasteiger partial charge in [0.05, 0.1) is 5.41 Å². The molecule has 6 nitrogen and oxygen atoms in total. The zero-order chi connectivity index (χ0) is 32.4. The van der Waals surface area contributed by atoms with Gasteiger partial charge < -0.3 is 20.8 Å². The molecule has 0 amide bonds. The van der Waals surface area contributed by atoms with Gasteiger partial charge in [0.2, 0.25) is 0 Å². The van der Waals surface area contributed by atoms with Crippen molar-refractivity contribution >= 4 is 11.9 Å². The molecule has 0 aliphatic carbocycles. The number of rotatable bonds is 15. The van der Waals surface area contributed by atoms with Gasteiger partial charge in [0.1, 0.15) is 0 Å². The van der Waals surface area contributed by atoms with E-state index in [-0.39, 0.29) is 51.2 Å². The Morgan fingerprint density at radius 2 is 1.02 bits per heavy atom. The highest BCUT2D eigenvalue weighted by molar-refractivity contribution is 5.76. The second kappa shape index (κ2) is 13.1. The largest absolute Gasteiger partial charge is 0.481 e. The number of hydrogen-bond acceptors (Lipinski definition) is 4. The summed E-state index contributed by atoms with van der Waals surface area (Å²) >= 11 is 0. The number of carboxylic acid groups (broad SMARTS) is 2. The van der Waals surface area contributed by atoms with Gasteiger partial charge in [0.25, 0.3) is 0 Å². The Bertz CT molecular complexity index is 895. The van der Waals surface area contributed by atoms with E-state index in [0.29, 0.717) is 12.8 Å². The molecule has 4 N–H and O–H groups in total. The molecule has 6 heteroatoms. The molecule has 2 aliphatic heterocycles.